The van der Waals surface area contributed by atoms with Crippen molar-refractivity contribution < 1.29 is 76.2 Å². The van der Waals surface area contributed by atoms with Crippen molar-refractivity contribution in [2.24, 2.45) is 11.8 Å². The fraction of sp³-hybridized carbons (Fsp3) is 0.688. The molecule has 0 saturated carbocycles. The number of aliphatic hydroxyl groups is 3. The summed E-state index contributed by atoms with van der Waals surface area (Å²) in [5, 5.41) is 33.8. The summed E-state index contributed by atoms with van der Waals surface area (Å²) in [5.74, 6) is -4.67. The number of esters is 2. The lowest BCUT2D eigenvalue weighted by atomic mass is 9.88. The van der Waals surface area contributed by atoms with Crippen molar-refractivity contribution in [3.8, 4) is 0 Å². The number of phosphoric ester groups is 2. The number of carbonyl (C=O) groups excluding carboxylic acids is 3. The molecule has 22 heteroatoms. The number of cyclic esters (lactones) is 1. The van der Waals surface area contributed by atoms with Crippen LogP contribution < -0.4 is 11.4 Å². The first kappa shape index (κ1) is 60.7. The highest BCUT2D eigenvalue weighted by molar-refractivity contribution is 7.61. The van der Waals surface area contributed by atoms with Crippen molar-refractivity contribution in [1.29, 1.82) is 0 Å². The molecule has 2 unspecified atom stereocenters. The number of phosphoric acid groups is 2. The smallest absolute Gasteiger partial charge is 0.462 e. The first-order chi connectivity index (χ1) is 33.4. The molecule has 2 aliphatic rings. The normalized spacial score (nSPS) is 28.5. The van der Waals surface area contributed by atoms with Crippen LogP contribution in [0.15, 0.2) is 65.7 Å². The van der Waals surface area contributed by atoms with Gasteiger partial charge in [-0.05, 0) is 69.9 Å². The van der Waals surface area contributed by atoms with E-state index in [1.54, 1.807) is 12.2 Å². The van der Waals surface area contributed by atoms with Gasteiger partial charge in [0.1, 0.15) is 30.9 Å². The van der Waals surface area contributed by atoms with Crippen LogP contribution in [0, 0.1) is 11.8 Å². The van der Waals surface area contributed by atoms with Gasteiger partial charge in [0.15, 0.2) is 11.9 Å². The van der Waals surface area contributed by atoms with E-state index in [2.05, 4.69) is 28.4 Å². The molecule has 396 valence electrons. The van der Waals surface area contributed by atoms with E-state index in [0.29, 0.717) is 25.7 Å². The topological polar surface area (TPSA) is 303 Å². The van der Waals surface area contributed by atoms with E-state index in [9.17, 15) is 53.4 Å². The lowest BCUT2D eigenvalue weighted by Crippen LogP contribution is -2.49. The summed E-state index contributed by atoms with van der Waals surface area (Å²) in [7, 11) is -11.2. The molecule has 2 bridgehead atoms. The Balaban J connectivity index is 1.81. The summed E-state index contributed by atoms with van der Waals surface area (Å²) in [5.41, 5.74) is 4.83. The van der Waals surface area contributed by atoms with Crippen LogP contribution in [0.2, 0.25) is 0 Å². The number of allylic oxidation sites excluding steroid dienone is 5. The van der Waals surface area contributed by atoms with Crippen LogP contribution in [0.3, 0.4) is 0 Å². The van der Waals surface area contributed by atoms with Gasteiger partial charge in [0, 0.05) is 25.0 Å². The molecule has 3 rings (SSSR count). The molecule has 70 heavy (non-hydrogen) atoms. The number of aromatic nitrogens is 2. The van der Waals surface area contributed by atoms with E-state index in [1.807, 2.05) is 6.92 Å². The highest BCUT2D eigenvalue weighted by Crippen LogP contribution is 2.60. The largest absolute Gasteiger partial charge is 0.481 e. The lowest BCUT2D eigenvalue weighted by molar-refractivity contribution is -0.167. The molecule has 20 nitrogen and oxygen atoms in total. The molecule has 7 N–H and O–H groups in total. The number of ketones is 1. The van der Waals surface area contributed by atoms with Crippen LogP contribution in [0.25, 0.3) is 0 Å². The molecule has 0 amide bonds. The van der Waals surface area contributed by atoms with Gasteiger partial charge in [-0.3, -0.25) is 28.0 Å². The number of hydrogen-bond acceptors (Lipinski definition) is 17. The molecule has 1 aromatic rings. The Morgan fingerprint density at radius 2 is 1.57 bits per heavy atom. The van der Waals surface area contributed by atoms with Crippen molar-refractivity contribution in [1.82, 2.24) is 9.55 Å². The van der Waals surface area contributed by atoms with Gasteiger partial charge in [0.25, 0.3) is 0 Å². The van der Waals surface area contributed by atoms with Gasteiger partial charge in [-0.1, -0.05) is 114 Å². The minimum absolute atomic E-state index is 0.0512. The average molecular weight is 1030 g/mol. The monoisotopic (exact) mass is 1030 g/mol. The van der Waals surface area contributed by atoms with Crippen molar-refractivity contribution in [3.05, 3.63) is 71.4 Å². The van der Waals surface area contributed by atoms with E-state index in [0.717, 1.165) is 62.0 Å². The zero-order chi connectivity index (χ0) is 51.4. The molecule has 1 aromatic heterocycles. The fourth-order valence-corrected chi connectivity index (χ4v) is 9.74. The highest BCUT2D eigenvalue weighted by atomic mass is 31.3. The zero-order valence-electron chi connectivity index (χ0n) is 40.7. The Morgan fingerprint density at radius 3 is 2.27 bits per heavy atom. The summed E-state index contributed by atoms with van der Waals surface area (Å²) in [6.07, 6.45) is 19.0. The SMILES string of the molecule is CCCCCC/C=C\CCCCCCCC(=O)OC[C@@H]1COP(=O)(O)OP(=O)(O)OC[C@H]2O[C@@H](n3ccc(N)nc3=O)[C@H](C=CC(=O)[C@H](C=C[C@@H](O)CCCCC)[C@H](O)[C@@H]2O)CC=CCCCC(=O)O1. The molecule has 2 aliphatic heterocycles. The number of fused-ring (bicyclic) bond motifs is 3. The molecular weight excluding hydrogens is 952 g/mol. The quantitative estimate of drug-likeness (QED) is 0.0285. The average Bonchev–Trinajstić information content (AvgIpc) is 3.30. The van der Waals surface area contributed by atoms with Crippen LogP contribution in [0.5, 0.6) is 0 Å². The second-order valence-electron chi connectivity index (χ2n) is 17.6. The van der Waals surface area contributed by atoms with Gasteiger partial charge in [-0.25, -0.2) is 13.9 Å². The molecule has 0 spiro atoms. The molecular formula is C48H77N3O17P2. The van der Waals surface area contributed by atoms with Crippen LogP contribution in [-0.4, -0.2) is 103 Å². The van der Waals surface area contributed by atoms with Crippen molar-refractivity contribution in [3.63, 3.8) is 0 Å². The molecule has 0 fully saturated rings. The highest BCUT2D eigenvalue weighted by Gasteiger charge is 2.42. The van der Waals surface area contributed by atoms with Crippen LogP contribution in [0.4, 0.5) is 5.82 Å². The van der Waals surface area contributed by atoms with Gasteiger partial charge in [-0.15, -0.1) is 0 Å². The van der Waals surface area contributed by atoms with Crippen LogP contribution in [0.1, 0.15) is 148 Å². The third-order valence-corrected chi connectivity index (χ3v) is 14.2. The number of nitrogens with zero attached hydrogens (tertiary/aromatic N) is 2. The number of anilines is 1. The number of aliphatic hydroxyl groups excluding tert-OH is 3. The van der Waals surface area contributed by atoms with Crippen molar-refractivity contribution in [2.45, 2.75) is 179 Å². The molecule has 3 heterocycles. The molecule has 10 atom stereocenters. The Morgan fingerprint density at radius 1 is 0.914 bits per heavy atom. The maximum Gasteiger partial charge on any atom is 0.481 e. The molecule has 0 aliphatic carbocycles. The molecule has 0 radical (unpaired) electrons. The first-order valence-electron chi connectivity index (χ1n) is 24.7. The lowest BCUT2D eigenvalue weighted by Gasteiger charge is -2.36. The van der Waals surface area contributed by atoms with E-state index in [1.165, 1.54) is 56.2 Å². The number of unbranched alkanes of at least 4 members (excludes halogenated alkanes) is 11. The summed E-state index contributed by atoms with van der Waals surface area (Å²) in [4.78, 5) is 77.7. The van der Waals surface area contributed by atoms with Gasteiger partial charge < -0.3 is 45.1 Å². The standard InChI is InChI=1S/C48H77N3O17P2/c1-3-5-7-8-9-10-11-12-13-14-15-16-21-25-43(54)63-33-38-34-64-69(59,60)68-70(61,62)65-35-41-46(57)45(56)39(29-28-37(52)24-19-6-4-2)40(53)30-27-36(23-20-17-18-22-26-44(55)66-38)47(67-41)51-32-31-42(49)50-48(51)58/h10-11,17,20,27-32,36-39,41,45-47,52,56-57H,3-9,12-16,18-19,21-26,33-35H2,1-2H3,(H,59,60)(H,61,62)(H2,49,50,58)/b11-10-,20-17?,29-28?,30-27?/t36-,37-,38+,39-,41+,45-,46+,47+/m0/s1. The minimum Gasteiger partial charge on any atom is -0.462 e. The Labute approximate surface area is 411 Å². The predicted molar refractivity (Wildman–Crippen MR) is 261 cm³/mol. The van der Waals surface area contributed by atoms with Gasteiger partial charge in [0.2, 0.25) is 0 Å². The van der Waals surface area contributed by atoms with Crippen molar-refractivity contribution in [2.75, 3.05) is 25.6 Å². The number of carbonyl (C=O) groups is 3. The van der Waals surface area contributed by atoms with Crippen LogP contribution in [-0.2, 0) is 51.1 Å². The maximum atomic E-state index is 13.8. The fourth-order valence-electron chi connectivity index (χ4n) is 7.63. The first-order valence-corrected chi connectivity index (χ1v) is 27.7. The number of hydrogen-bond donors (Lipinski definition) is 6. The Kier molecular flexibility index (Phi) is 28.7. The van der Waals surface area contributed by atoms with Gasteiger partial charge in [-0.2, -0.15) is 9.29 Å². The summed E-state index contributed by atoms with van der Waals surface area (Å²) in [6.45, 7) is 1.53. The maximum absolute atomic E-state index is 13.8. The van der Waals surface area contributed by atoms with Gasteiger partial charge >= 0.3 is 33.3 Å². The second-order valence-corrected chi connectivity index (χ2v) is 20.7. The number of rotatable bonds is 22. The van der Waals surface area contributed by atoms with E-state index >= 15 is 0 Å². The summed E-state index contributed by atoms with van der Waals surface area (Å²) >= 11 is 0. The van der Waals surface area contributed by atoms with E-state index < -0.39 is 107 Å². The number of nitrogen functional groups attached to an aromatic ring is 1. The van der Waals surface area contributed by atoms with E-state index in [-0.39, 0.29) is 31.5 Å². The van der Waals surface area contributed by atoms with E-state index in [4.69, 9.17) is 29.0 Å². The summed E-state index contributed by atoms with van der Waals surface area (Å²) < 4.78 is 58.9. The zero-order valence-corrected chi connectivity index (χ0v) is 42.4. The Hall–Kier alpha value is -3.65. The molecule has 0 saturated heterocycles. The summed E-state index contributed by atoms with van der Waals surface area (Å²) in [6, 6.07) is 1.28. The van der Waals surface area contributed by atoms with Crippen LogP contribution >= 0.6 is 15.6 Å². The number of ether oxygens (including phenoxy) is 3. The molecule has 0 aromatic carbocycles. The predicted octanol–water partition coefficient (Wildman–Crippen LogP) is 7.39. The minimum atomic E-state index is -5.67. The third-order valence-electron chi connectivity index (χ3n) is 11.6. The third kappa shape index (κ3) is 24.2. The van der Waals surface area contributed by atoms with Crippen molar-refractivity contribution >= 4 is 39.2 Å². The second kappa shape index (κ2) is 33.2. The number of nitrogens with two attached hydrogens (primary N) is 1. The Bertz CT molecular complexity index is 2010. The van der Waals surface area contributed by atoms with Gasteiger partial charge in [0.05, 0.1) is 31.3 Å².